The van der Waals surface area contributed by atoms with Gasteiger partial charge in [0.05, 0.1) is 22.8 Å². The van der Waals surface area contributed by atoms with Crippen LogP contribution in [0.1, 0.15) is 36.7 Å². The summed E-state index contributed by atoms with van der Waals surface area (Å²) in [5.74, 6) is -0.0382. The molecule has 3 N–H and O–H groups in total. The number of carbonyl (C=O) groups excluding carboxylic acids is 1. The number of benzene rings is 1. The maximum atomic E-state index is 12.6. The first-order chi connectivity index (χ1) is 11.2. The van der Waals surface area contributed by atoms with Crippen molar-refractivity contribution in [2.24, 2.45) is 0 Å². The summed E-state index contributed by atoms with van der Waals surface area (Å²) in [6.07, 6.45) is 1.45. The monoisotopic (exact) mass is 367 g/mol. The second-order valence-electron chi connectivity index (χ2n) is 6.21. The van der Waals surface area contributed by atoms with Crippen LogP contribution in [0.3, 0.4) is 0 Å². The number of halogens is 2. The Morgan fingerprint density at radius 1 is 1.25 bits per heavy atom. The normalized spacial score (nSPS) is 11.4. The van der Waals surface area contributed by atoms with Crippen LogP contribution in [-0.2, 0) is 11.3 Å². The molecule has 0 saturated carbocycles. The third-order valence-corrected chi connectivity index (χ3v) is 3.71. The molecule has 1 amide bonds. The highest BCUT2D eigenvalue weighted by Gasteiger charge is 2.21. The van der Waals surface area contributed by atoms with Crippen LogP contribution in [0, 0.1) is 0 Å². The molecule has 5 nitrogen and oxygen atoms in total. The minimum Gasteiger partial charge on any atom is -0.398 e. The summed E-state index contributed by atoms with van der Waals surface area (Å²) < 4.78 is 5.75. The van der Waals surface area contributed by atoms with Crippen molar-refractivity contribution < 1.29 is 9.53 Å². The quantitative estimate of drug-likeness (QED) is 0.777. The zero-order valence-electron chi connectivity index (χ0n) is 13.7. The smallest absolute Gasteiger partial charge is 0.259 e. The van der Waals surface area contributed by atoms with Crippen LogP contribution in [0.4, 0.5) is 11.5 Å². The molecule has 2 rings (SSSR count). The number of hydrogen-bond donors (Lipinski definition) is 2. The number of nitrogens with two attached hydrogens (primary N) is 1. The number of nitrogens with one attached hydrogen (secondary N) is 1. The van der Waals surface area contributed by atoms with Crippen LogP contribution in [0.2, 0.25) is 10.0 Å². The average Bonchev–Trinajstić information content (AvgIpc) is 2.49. The number of amides is 1. The van der Waals surface area contributed by atoms with E-state index in [1.807, 2.05) is 20.8 Å². The summed E-state index contributed by atoms with van der Waals surface area (Å²) in [4.78, 5) is 16.7. The predicted octanol–water partition coefficient (Wildman–Crippen LogP) is 4.54. The molecule has 1 heterocycles. The standard InChI is InChI=1S/C17H19Cl2N3O2/c1-17(2,3)24-9-11-12(19)5-6-13(20)15(11)16(23)22-14-7-4-10(18)8-21-14/h4-8H,9,20H2,1-3H3,(H,21,22,23). The lowest BCUT2D eigenvalue weighted by Gasteiger charge is -2.22. The van der Waals surface area contributed by atoms with Crippen molar-refractivity contribution >= 4 is 40.6 Å². The Labute approximate surface area is 151 Å². The van der Waals surface area contributed by atoms with Crippen molar-refractivity contribution in [1.29, 1.82) is 0 Å². The molecule has 128 valence electrons. The number of aromatic nitrogens is 1. The first-order valence-electron chi connectivity index (χ1n) is 7.31. The molecule has 0 fully saturated rings. The molecule has 0 radical (unpaired) electrons. The van der Waals surface area contributed by atoms with Crippen LogP contribution in [0.5, 0.6) is 0 Å². The van der Waals surface area contributed by atoms with E-state index < -0.39 is 5.91 Å². The van der Waals surface area contributed by atoms with Gasteiger partial charge in [-0.3, -0.25) is 4.79 Å². The summed E-state index contributed by atoms with van der Waals surface area (Å²) in [5, 5.41) is 3.59. The molecule has 0 atom stereocenters. The zero-order chi connectivity index (χ0) is 17.9. The molecule has 0 aliphatic heterocycles. The number of anilines is 2. The number of rotatable bonds is 4. The predicted molar refractivity (Wildman–Crippen MR) is 97.6 cm³/mol. The molecule has 24 heavy (non-hydrogen) atoms. The van der Waals surface area contributed by atoms with Crippen LogP contribution in [0.25, 0.3) is 0 Å². The van der Waals surface area contributed by atoms with Gasteiger partial charge in [-0.1, -0.05) is 23.2 Å². The largest absolute Gasteiger partial charge is 0.398 e. The Bertz CT molecular complexity index is 741. The van der Waals surface area contributed by atoms with Gasteiger partial charge in [0.15, 0.2) is 0 Å². The molecular weight excluding hydrogens is 349 g/mol. The van der Waals surface area contributed by atoms with Gasteiger partial charge in [-0.05, 0) is 45.0 Å². The SMILES string of the molecule is CC(C)(C)OCc1c(Cl)ccc(N)c1C(=O)Nc1ccc(Cl)cn1. The number of carbonyl (C=O) groups is 1. The fourth-order valence-electron chi connectivity index (χ4n) is 1.97. The molecule has 0 unspecified atom stereocenters. The maximum Gasteiger partial charge on any atom is 0.259 e. The first-order valence-corrected chi connectivity index (χ1v) is 8.06. The second-order valence-corrected chi connectivity index (χ2v) is 7.05. The van der Waals surface area contributed by atoms with Crippen molar-refractivity contribution in [2.75, 3.05) is 11.1 Å². The van der Waals surface area contributed by atoms with Gasteiger partial charge in [0.1, 0.15) is 5.82 Å². The average molecular weight is 368 g/mol. The highest BCUT2D eigenvalue weighted by atomic mass is 35.5. The minimum absolute atomic E-state index is 0.171. The van der Waals surface area contributed by atoms with E-state index in [0.717, 1.165) is 0 Å². The number of hydrogen-bond acceptors (Lipinski definition) is 4. The summed E-state index contributed by atoms with van der Waals surface area (Å²) in [7, 11) is 0. The lowest BCUT2D eigenvalue weighted by molar-refractivity contribution is -0.0151. The van der Waals surface area contributed by atoms with E-state index in [0.29, 0.717) is 27.1 Å². The Kier molecular flexibility index (Phi) is 5.70. The molecule has 0 aliphatic carbocycles. The lowest BCUT2D eigenvalue weighted by Crippen LogP contribution is -2.22. The van der Waals surface area contributed by atoms with Gasteiger partial charge in [-0.2, -0.15) is 0 Å². The van der Waals surface area contributed by atoms with Gasteiger partial charge >= 0.3 is 0 Å². The molecule has 1 aromatic carbocycles. The maximum absolute atomic E-state index is 12.6. The van der Waals surface area contributed by atoms with Gasteiger partial charge in [-0.25, -0.2) is 4.98 Å². The van der Waals surface area contributed by atoms with Crippen LogP contribution in [0.15, 0.2) is 30.5 Å². The van der Waals surface area contributed by atoms with E-state index in [2.05, 4.69) is 10.3 Å². The topological polar surface area (TPSA) is 77.2 Å². The Hall–Kier alpha value is -1.82. The van der Waals surface area contributed by atoms with Gasteiger partial charge in [-0.15, -0.1) is 0 Å². The number of ether oxygens (including phenoxy) is 1. The molecule has 0 bridgehead atoms. The van der Waals surface area contributed by atoms with E-state index in [1.54, 1.807) is 24.3 Å². The molecule has 0 spiro atoms. The molecule has 1 aromatic heterocycles. The Morgan fingerprint density at radius 2 is 1.96 bits per heavy atom. The van der Waals surface area contributed by atoms with Gasteiger partial charge < -0.3 is 15.8 Å². The van der Waals surface area contributed by atoms with Gasteiger partial charge in [0, 0.05) is 22.5 Å². The molecule has 7 heteroatoms. The third-order valence-electron chi connectivity index (χ3n) is 3.13. The van der Waals surface area contributed by atoms with Crippen LogP contribution >= 0.6 is 23.2 Å². The van der Waals surface area contributed by atoms with E-state index in [1.165, 1.54) is 6.20 Å². The third kappa shape index (κ3) is 4.84. The van der Waals surface area contributed by atoms with Gasteiger partial charge in [0.25, 0.3) is 5.91 Å². The summed E-state index contributed by atoms with van der Waals surface area (Å²) in [5.41, 5.74) is 6.75. The summed E-state index contributed by atoms with van der Waals surface area (Å²) in [6.45, 7) is 5.93. The minimum atomic E-state index is -0.405. The zero-order valence-corrected chi connectivity index (χ0v) is 15.2. The Balaban J connectivity index is 2.31. The van der Waals surface area contributed by atoms with Crippen molar-refractivity contribution in [3.63, 3.8) is 0 Å². The number of nitrogen functional groups attached to an aromatic ring is 1. The van der Waals surface area contributed by atoms with E-state index in [4.69, 9.17) is 33.7 Å². The van der Waals surface area contributed by atoms with Gasteiger partial charge in [0.2, 0.25) is 0 Å². The van der Waals surface area contributed by atoms with Crippen molar-refractivity contribution in [2.45, 2.75) is 33.0 Å². The summed E-state index contributed by atoms with van der Waals surface area (Å²) >= 11 is 12.0. The first kappa shape index (κ1) is 18.5. The number of pyridine rings is 1. The highest BCUT2D eigenvalue weighted by molar-refractivity contribution is 6.32. The van der Waals surface area contributed by atoms with Crippen molar-refractivity contribution in [1.82, 2.24) is 4.98 Å². The van der Waals surface area contributed by atoms with E-state index in [9.17, 15) is 4.79 Å². The van der Waals surface area contributed by atoms with E-state index in [-0.39, 0.29) is 17.8 Å². The fourth-order valence-corrected chi connectivity index (χ4v) is 2.29. The molecule has 2 aromatic rings. The Morgan fingerprint density at radius 3 is 2.54 bits per heavy atom. The molecule has 0 saturated heterocycles. The summed E-state index contributed by atoms with van der Waals surface area (Å²) in [6, 6.07) is 6.48. The van der Waals surface area contributed by atoms with Crippen molar-refractivity contribution in [3.05, 3.63) is 51.6 Å². The second kappa shape index (κ2) is 7.38. The number of nitrogens with zero attached hydrogens (tertiary/aromatic N) is 1. The fraction of sp³-hybridized carbons (Fsp3) is 0.294. The van der Waals surface area contributed by atoms with Crippen LogP contribution in [-0.4, -0.2) is 16.5 Å². The van der Waals surface area contributed by atoms with Crippen LogP contribution < -0.4 is 11.1 Å². The van der Waals surface area contributed by atoms with E-state index >= 15 is 0 Å². The lowest BCUT2D eigenvalue weighted by atomic mass is 10.0. The van der Waals surface area contributed by atoms with Crippen molar-refractivity contribution in [3.8, 4) is 0 Å². The highest BCUT2D eigenvalue weighted by Crippen LogP contribution is 2.28. The molecular formula is C17H19Cl2N3O2. The molecule has 0 aliphatic rings.